The maximum atomic E-state index is 5.49. The van der Waals surface area contributed by atoms with Crippen LogP contribution in [0.2, 0.25) is 0 Å². The number of fused-ring (bicyclic) bond motifs is 1. The molecule has 0 saturated carbocycles. The first-order valence-electron chi connectivity index (χ1n) is 13.3. The lowest BCUT2D eigenvalue weighted by molar-refractivity contribution is 0.393. The van der Waals surface area contributed by atoms with E-state index in [0.717, 1.165) is 81.7 Å². The van der Waals surface area contributed by atoms with Crippen LogP contribution in [0.4, 0.5) is 5.69 Å². The molecule has 0 atom stereocenters. The van der Waals surface area contributed by atoms with Crippen molar-refractivity contribution in [2.45, 2.75) is 53.4 Å². The van der Waals surface area contributed by atoms with Crippen LogP contribution in [0.5, 0.6) is 0 Å². The molecule has 0 spiro atoms. The van der Waals surface area contributed by atoms with Gasteiger partial charge in [-0.15, -0.1) is 0 Å². The van der Waals surface area contributed by atoms with Gasteiger partial charge < -0.3 is 4.52 Å². The van der Waals surface area contributed by atoms with Gasteiger partial charge in [0.1, 0.15) is 5.76 Å². The Hall–Kier alpha value is -4.12. The summed E-state index contributed by atoms with van der Waals surface area (Å²) in [6.07, 6.45) is 18.2. The molecule has 3 aromatic heterocycles. The third-order valence-electron chi connectivity index (χ3n) is 6.96. The third kappa shape index (κ3) is 5.14. The molecule has 0 aliphatic heterocycles. The van der Waals surface area contributed by atoms with Crippen molar-refractivity contribution in [1.29, 1.82) is 0 Å². The number of allylic oxidation sites excluding steroid dienone is 5. The molecule has 0 bridgehead atoms. The average Bonchev–Trinajstić information content (AvgIpc) is 3.73. The van der Waals surface area contributed by atoms with Gasteiger partial charge in [-0.3, -0.25) is 9.97 Å². The predicted molar refractivity (Wildman–Crippen MR) is 157 cm³/mol. The molecule has 1 aromatic carbocycles. The van der Waals surface area contributed by atoms with Crippen molar-refractivity contribution in [2.24, 2.45) is 4.99 Å². The first-order valence-corrected chi connectivity index (χ1v) is 13.3. The van der Waals surface area contributed by atoms with Gasteiger partial charge in [-0.2, -0.15) is 0 Å². The molecule has 5 nitrogen and oxygen atoms in total. The van der Waals surface area contributed by atoms with Crippen LogP contribution in [0.15, 0.2) is 77.2 Å². The smallest absolute Gasteiger partial charge is 0.141 e. The quantitative estimate of drug-likeness (QED) is 0.161. The summed E-state index contributed by atoms with van der Waals surface area (Å²) < 4.78 is 5.49. The molecule has 3 heterocycles. The summed E-state index contributed by atoms with van der Waals surface area (Å²) >= 11 is 0. The van der Waals surface area contributed by atoms with E-state index in [2.05, 4.69) is 67.3 Å². The SMILES string of the molecule is C=C(C(/C=C/CCCC)=Nc1cnc2cc(-c3c(C)noc3C)c(C3=C[CH]3)cc2c1CC)c1cccnc1. The van der Waals surface area contributed by atoms with Gasteiger partial charge >= 0.3 is 0 Å². The average molecular weight is 502 g/mol. The fraction of sp³-hybridized carbons (Fsp3) is 0.242. The Labute approximate surface area is 224 Å². The Kier molecular flexibility index (Phi) is 7.45. The van der Waals surface area contributed by atoms with E-state index in [9.17, 15) is 0 Å². The molecule has 1 radical (unpaired) electrons. The highest BCUT2D eigenvalue weighted by atomic mass is 16.5. The molecule has 38 heavy (non-hydrogen) atoms. The van der Waals surface area contributed by atoms with Gasteiger partial charge in [0.05, 0.1) is 28.8 Å². The first kappa shape index (κ1) is 25.5. The minimum Gasteiger partial charge on any atom is -0.361 e. The number of unbranched alkanes of at least 4 members (excludes halogenated alkanes) is 2. The fourth-order valence-electron chi connectivity index (χ4n) is 4.83. The maximum absolute atomic E-state index is 5.49. The molecular weight excluding hydrogens is 468 g/mol. The Morgan fingerprint density at radius 1 is 1.13 bits per heavy atom. The summed E-state index contributed by atoms with van der Waals surface area (Å²) in [5, 5.41) is 5.30. The highest BCUT2D eigenvalue weighted by molar-refractivity contribution is 6.29. The van der Waals surface area contributed by atoms with Crippen molar-refractivity contribution in [3.8, 4) is 11.1 Å². The topological polar surface area (TPSA) is 64.2 Å². The van der Waals surface area contributed by atoms with Crippen LogP contribution in [0.25, 0.3) is 33.2 Å². The van der Waals surface area contributed by atoms with Crippen molar-refractivity contribution < 1.29 is 4.52 Å². The number of nitrogens with zero attached hydrogens (tertiary/aromatic N) is 4. The van der Waals surface area contributed by atoms with Gasteiger partial charge in [-0.05, 0) is 73.2 Å². The van der Waals surface area contributed by atoms with E-state index in [-0.39, 0.29) is 0 Å². The van der Waals surface area contributed by atoms with Crippen molar-refractivity contribution in [1.82, 2.24) is 15.1 Å². The number of pyridine rings is 2. The van der Waals surface area contributed by atoms with Gasteiger partial charge in [0.25, 0.3) is 0 Å². The molecule has 1 aliphatic rings. The van der Waals surface area contributed by atoms with E-state index in [1.807, 2.05) is 38.4 Å². The largest absolute Gasteiger partial charge is 0.361 e. The Balaban J connectivity index is 1.65. The summed E-state index contributed by atoms with van der Waals surface area (Å²) in [6, 6.07) is 8.36. The number of aliphatic imine (C=N–C) groups is 1. The Morgan fingerprint density at radius 2 is 1.97 bits per heavy atom. The van der Waals surface area contributed by atoms with Crippen molar-refractivity contribution in [3.63, 3.8) is 0 Å². The molecule has 5 rings (SSSR count). The number of aromatic nitrogens is 3. The summed E-state index contributed by atoms with van der Waals surface area (Å²) in [5.74, 6) is 0.815. The zero-order valence-electron chi connectivity index (χ0n) is 22.6. The number of hydrogen-bond donors (Lipinski definition) is 0. The van der Waals surface area contributed by atoms with E-state index in [0.29, 0.717) is 0 Å². The second kappa shape index (κ2) is 11.1. The van der Waals surface area contributed by atoms with Crippen LogP contribution in [0.1, 0.15) is 61.3 Å². The van der Waals surface area contributed by atoms with Crippen LogP contribution in [-0.2, 0) is 6.42 Å². The van der Waals surface area contributed by atoms with Gasteiger partial charge in [-0.1, -0.05) is 56.6 Å². The van der Waals surface area contributed by atoms with Crippen molar-refractivity contribution >= 4 is 33.4 Å². The van der Waals surface area contributed by atoms with Crippen LogP contribution in [0, 0.1) is 20.3 Å². The molecule has 0 amide bonds. The Bertz CT molecular complexity index is 1570. The van der Waals surface area contributed by atoms with E-state index < -0.39 is 0 Å². The summed E-state index contributed by atoms with van der Waals surface area (Å²) in [5.41, 5.74) is 11.0. The predicted octanol–water partition coefficient (Wildman–Crippen LogP) is 8.60. The minimum absolute atomic E-state index is 0.815. The molecule has 4 aromatic rings. The number of aryl methyl sites for hydroxylation is 3. The van der Waals surface area contributed by atoms with Crippen LogP contribution < -0.4 is 0 Å². The zero-order valence-corrected chi connectivity index (χ0v) is 22.6. The summed E-state index contributed by atoms with van der Waals surface area (Å²) in [6.45, 7) is 12.7. The normalized spacial score (nSPS) is 13.4. The van der Waals surface area contributed by atoms with Gasteiger partial charge in [0.2, 0.25) is 0 Å². The van der Waals surface area contributed by atoms with Crippen LogP contribution >= 0.6 is 0 Å². The standard InChI is InChI=1S/C33H33N4O/c1-6-8-9-10-13-30(21(3)25-12-11-16-34-19-25)36-32-20-35-31-18-29(33-22(4)37-38-23(33)5)27(24-14-15-24)17-28(31)26(32)7-2/h10-20H,3,6-9H2,1-2,4-5H3/b13-10+,36-30?. The molecule has 0 saturated heterocycles. The molecule has 0 unspecified atom stereocenters. The lowest BCUT2D eigenvalue weighted by Crippen LogP contribution is -2.00. The van der Waals surface area contributed by atoms with E-state index in [1.54, 1.807) is 6.20 Å². The Morgan fingerprint density at radius 3 is 2.63 bits per heavy atom. The number of rotatable bonds is 10. The lowest BCUT2D eigenvalue weighted by Gasteiger charge is -2.14. The molecule has 0 N–H and O–H groups in total. The van der Waals surface area contributed by atoms with Gasteiger partial charge in [0, 0.05) is 40.9 Å². The fourth-order valence-corrected chi connectivity index (χ4v) is 4.83. The monoisotopic (exact) mass is 501 g/mol. The number of hydrogen-bond acceptors (Lipinski definition) is 5. The van der Waals surface area contributed by atoms with Gasteiger partial charge in [-0.25, -0.2) is 4.99 Å². The minimum atomic E-state index is 0.815. The van der Waals surface area contributed by atoms with Crippen LogP contribution in [-0.4, -0.2) is 20.8 Å². The summed E-state index contributed by atoms with van der Waals surface area (Å²) in [4.78, 5) is 14.3. The lowest BCUT2D eigenvalue weighted by atomic mass is 9.92. The van der Waals surface area contributed by atoms with Crippen LogP contribution in [0.3, 0.4) is 0 Å². The first-order chi connectivity index (χ1) is 18.5. The highest BCUT2D eigenvalue weighted by Gasteiger charge is 2.23. The van der Waals surface area contributed by atoms with Crippen molar-refractivity contribution in [2.75, 3.05) is 0 Å². The second-order valence-corrected chi connectivity index (χ2v) is 9.64. The maximum Gasteiger partial charge on any atom is 0.141 e. The summed E-state index contributed by atoms with van der Waals surface area (Å²) in [7, 11) is 0. The molecular formula is C33H33N4O. The van der Waals surface area contributed by atoms with E-state index in [1.165, 1.54) is 16.7 Å². The zero-order chi connectivity index (χ0) is 26.6. The van der Waals surface area contributed by atoms with E-state index >= 15 is 0 Å². The highest BCUT2D eigenvalue weighted by Crippen LogP contribution is 2.42. The van der Waals surface area contributed by atoms with E-state index in [4.69, 9.17) is 14.5 Å². The third-order valence-corrected chi connectivity index (χ3v) is 6.96. The number of benzene rings is 1. The molecule has 0 fully saturated rings. The molecule has 5 heteroatoms. The molecule has 1 aliphatic carbocycles. The van der Waals surface area contributed by atoms with Gasteiger partial charge in [0.15, 0.2) is 0 Å². The second-order valence-electron chi connectivity index (χ2n) is 9.64. The van der Waals surface area contributed by atoms with Crippen molar-refractivity contribution in [3.05, 3.63) is 102 Å². The molecule has 191 valence electrons.